The van der Waals surface area contributed by atoms with Gasteiger partial charge in [0.25, 0.3) is 0 Å². The summed E-state index contributed by atoms with van der Waals surface area (Å²) in [4.78, 5) is 14.7. The van der Waals surface area contributed by atoms with Crippen LogP contribution in [0.4, 0.5) is 0 Å². The van der Waals surface area contributed by atoms with Gasteiger partial charge in [-0.25, -0.2) is 0 Å². The number of hydrogen-bond acceptors (Lipinski definition) is 3. The van der Waals surface area contributed by atoms with Gasteiger partial charge in [0.2, 0.25) is 5.91 Å². The van der Waals surface area contributed by atoms with Crippen LogP contribution in [0, 0.1) is 17.8 Å². The first-order valence-electron chi connectivity index (χ1n) is 8.83. The maximum atomic E-state index is 12.7. The number of rotatable bonds is 5. The first-order chi connectivity index (χ1) is 10.6. The third kappa shape index (κ3) is 2.66. The zero-order valence-electron chi connectivity index (χ0n) is 13.7. The Morgan fingerprint density at radius 1 is 1.14 bits per heavy atom. The Kier molecular flexibility index (Phi) is 3.46. The molecule has 1 aromatic rings. The second-order valence-electron chi connectivity index (χ2n) is 7.64. The van der Waals surface area contributed by atoms with E-state index in [9.17, 15) is 4.79 Å². The Labute approximate surface area is 132 Å². The van der Waals surface area contributed by atoms with Crippen LogP contribution in [0.25, 0.3) is 0 Å². The number of aromatic nitrogens is 3. The van der Waals surface area contributed by atoms with Gasteiger partial charge in [0, 0.05) is 25.4 Å². The number of carbonyl (C=O) groups excluding carboxylic acids is 1. The predicted molar refractivity (Wildman–Crippen MR) is 83.1 cm³/mol. The molecule has 1 aromatic heterocycles. The molecule has 0 bridgehead atoms. The topological polar surface area (TPSA) is 51.0 Å². The van der Waals surface area contributed by atoms with Gasteiger partial charge < -0.3 is 9.47 Å². The molecule has 2 heterocycles. The molecular formula is C17H26N4O. The summed E-state index contributed by atoms with van der Waals surface area (Å²) < 4.78 is 2.20. The molecule has 1 amide bonds. The highest BCUT2D eigenvalue weighted by molar-refractivity contribution is 5.76. The van der Waals surface area contributed by atoms with E-state index in [1.54, 1.807) is 0 Å². The van der Waals surface area contributed by atoms with E-state index < -0.39 is 0 Å². The molecule has 120 valence electrons. The van der Waals surface area contributed by atoms with Gasteiger partial charge in [-0.1, -0.05) is 13.8 Å². The minimum Gasteiger partial charge on any atom is -0.333 e. The second kappa shape index (κ2) is 5.36. The van der Waals surface area contributed by atoms with E-state index >= 15 is 0 Å². The Hall–Kier alpha value is -1.39. The zero-order valence-corrected chi connectivity index (χ0v) is 13.7. The van der Waals surface area contributed by atoms with Gasteiger partial charge in [-0.2, -0.15) is 0 Å². The van der Waals surface area contributed by atoms with Crippen LogP contribution in [0.1, 0.15) is 63.5 Å². The lowest BCUT2D eigenvalue weighted by Crippen LogP contribution is -2.39. The van der Waals surface area contributed by atoms with Crippen molar-refractivity contribution in [2.45, 2.75) is 65.0 Å². The van der Waals surface area contributed by atoms with Crippen molar-refractivity contribution in [2.75, 3.05) is 6.54 Å². The van der Waals surface area contributed by atoms with Crippen LogP contribution in [-0.2, 0) is 17.9 Å². The molecule has 2 aliphatic carbocycles. The largest absolute Gasteiger partial charge is 0.333 e. The highest BCUT2D eigenvalue weighted by Gasteiger charge is 2.43. The van der Waals surface area contributed by atoms with Crippen LogP contribution in [0.5, 0.6) is 0 Å². The van der Waals surface area contributed by atoms with Crippen LogP contribution < -0.4 is 0 Å². The maximum Gasteiger partial charge on any atom is 0.223 e. The zero-order chi connectivity index (χ0) is 15.3. The average molecular weight is 302 g/mol. The lowest BCUT2D eigenvalue weighted by Gasteiger charge is -2.29. The highest BCUT2D eigenvalue weighted by atomic mass is 16.2. The minimum absolute atomic E-state index is 0.337. The number of carbonyl (C=O) groups is 1. The van der Waals surface area contributed by atoms with Crippen molar-refractivity contribution in [3.63, 3.8) is 0 Å². The molecule has 0 saturated heterocycles. The maximum absolute atomic E-state index is 12.7. The quantitative estimate of drug-likeness (QED) is 0.840. The molecule has 0 radical (unpaired) electrons. The van der Waals surface area contributed by atoms with Crippen LogP contribution in [0.15, 0.2) is 0 Å². The molecule has 0 spiro atoms. The van der Waals surface area contributed by atoms with E-state index in [0.29, 0.717) is 24.3 Å². The smallest absolute Gasteiger partial charge is 0.223 e. The Morgan fingerprint density at radius 2 is 1.82 bits per heavy atom. The Balaban J connectivity index is 1.42. The summed E-state index contributed by atoms with van der Waals surface area (Å²) in [5.41, 5.74) is 0. The minimum atomic E-state index is 0.337. The molecule has 0 atom stereocenters. The third-order valence-corrected chi connectivity index (χ3v) is 5.52. The van der Waals surface area contributed by atoms with E-state index in [1.807, 2.05) is 4.90 Å². The summed E-state index contributed by atoms with van der Waals surface area (Å²) in [5, 5.41) is 8.61. The van der Waals surface area contributed by atoms with E-state index in [0.717, 1.165) is 43.0 Å². The molecule has 0 N–H and O–H groups in total. The Bertz CT molecular complexity index is 559. The van der Waals surface area contributed by atoms with Crippen molar-refractivity contribution in [3.05, 3.63) is 11.6 Å². The second-order valence-corrected chi connectivity index (χ2v) is 7.64. The van der Waals surface area contributed by atoms with Gasteiger partial charge in [-0.15, -0.1) is 10.2 Å². The summed E-state index contributed by atoms with van der Waals surface area (Å²) >= 11 is 0. The van der Waals surface area contributed by atoms with Crippen LogP contribution in [-0.4, -0.2) is 32.1 Å². The van der Waals surface area contributed by atoms with Crippen molar-refractivity contribution < 1.29 is 4.79 Å². The van der Waals surface area contributed by atoms with Crippen LogP contribution in [0.3, 0.4) is 0 Å². The summed E-state index contributed by atoms with van der Waals surface area (Å²) in [6.45, 7) is 6.58. The first kappa shape index (κ1) is 14.2. The van der Waals surface area contributed by atoms with Crippen LogP contribution in [0.2, 0.25) is 0 Å². The fraction of sp³-hybridized carbons (Fsp3) is 0.824. The fourth-order valence-corrected chi connectivity index (χ4v) is 3.92. The molecule has 5 heteroatoms. The van der Waals surface area contributed by atoms with Crippen molar-refractivity contribution in [1.29, 1.82) is 0 Å². The first-order valence-corrected chi connectivity index (χ1v) is 8.83. The van der Waals surface area contributed by atoms with Crippen molar-refractivity contribution in [1.82, 2.24) is 19.7 Å². The summed E-state index contributed by atoms with van der Waals surface area (Å²) in [6, 6.07) is 0. The molecule has 4 rings (SSSR count). The molecule has 0 aromatic carbocycles. The normalized spacial score (nSPS) is 21.5. The fourth-order valence-electron chi connectivity index (χ4n) is 3.92. The highest BCUT2D eigenvalue weighted by Crippen LogP contribution is 2.50. The summed E-state index contributed by atoms with van der Waals surface area (Å²) in [7, 11) is 0. The molecule has 5 nitrogen and oxygen atoms in total. The molecule has 0 unspecified atom stereocenters. The Morgan fingerprint density at radius 3 is 2.41 bits per heavy atom. The standard InChI is InChI=1S/C17H26N4O/c1-11(2)17-19-18-15-10-20(7-8-21(15)17)16(22)9-14(12-3-4-12)13-5-6-13/h11-14H,3-10H2,1-2H3. The van der Waals surface area contributed by atoms with Gasteiger partial charge in [0.15, 0.2) is 5.82 Å². The monoisotopic (exact) mass is 302 g/mol. The van der Waals surface area contributed by atoms with Crippen LogP contribution >= 0.6 is 0 Å². The molecule has 1 aliphatic heterocycles. The molecular weight excluding hydrogens is 276 g/mol. The molecule has 2 fully saturated rings. The van der Waals surface area contributed by atoms with E-state index in [-0.39, 0.29) is 0 Å². The van der Waals surface area contributed by atoms with Gasteiger partial charge >= 0.3 is 0 Å². The molecule has 2 saturated carbocycles. The number of fused-ring (bicyclic) bond motifs is 1. The van der Waals surface area contributed by atoms with Gasteiger partial charge in [0.1, 0.15) is 5.82 Å². The SMILES string of the molecule is CC(C)c1nnc2n1CCN(C(=O)CC(C1CC1)C1CC1)C2. The number of nitrogens with zero attached hydrogens (tertiary/aromatic N) is 4. The van der Waals surface area contributed by atoms with Gasteiger partial charge in [-0.3, -0.25) is 4.79 Å². The lowest BCUT2D eigenvalue weighted by molar-refractivity contribution is -0.134. The van der Waals surface area contributed by atoms with Crippen molar-refractivity contribution >= 4 is 5.91 Å². The average Bonchev–Trinajstić information content (AvgIpc) is 3.40. The third-order valence-electron chi connectivity index (χ3n) is 5.52. The van der Waals surface area contributed by atoms with E-state index in [1.165, 1.54) is 25.7 Å². The van der Waals surface area contributed by atoms with Crippen molar-refractivity contribution in [3.8, 4) is 0 Å². The summed E-state index contributed by atoms with van der Waals surface area (Å²) in [5.74, 6) is 5.09. The van der Waals surface area contributed by atoms with E-state index in [4.69, 9.17) is 0 Å². The molecule has 22 heavy (non-hydrogen) atoms. The number of hydrogen-bond donors (Lipinski definition) is 0. The van der Waals surface area contributed by atoms with Gasteiger partial charge in [-0.05, 0) is 43.4 Å². The van der Waals surface area contributed by atoms with Gasteiger partial charge in [0.05, 0.1) is 6.54 Å². The summed E-state index contributed by atoms with van der Waals surface area (Å²) in [6.07, 6.45) is 6.16. The van der Waals surface area contributed by atoms with Crippen molar-refractivity contribution in [2.24, 2.45) is 17.8 Å². The number of amides is 1. The lowest BCUT2D eigenvalue weighted by atomic mass is 9.93. The molecule has 3 aliphatic rings. The predicted octanol–water partition coefficient (Wildman–Crippen LogP) is 2.57. The van der Waals surface area contributed by atoms with E-state index in [2.05, 4.69) is 28.6 Å².